The summed E-state index contributed by atoms with van der Waals surface area (Å²) in [6.45, 7) is 3.96. The molecule has 0 unspecified atom stereocenters. The van der Waals surface area contributed by atoms with Gasteiger partial charge in [-0.2, -0.15) is 0 Å². The quantitative estimate of drug-likeness (QED) is 0.876. The summed E-state index contributed by atoms with van der Waals surface area (Å²) in [4.78, 5) is 25.1. The number of carbonyl (C=O) groups excluding carboxylic acids is 2. The largest absolute Gasteiger partial charge is 0.356 e. The Bertz CT molecular complexity index is 525. The van der Waals surface area contributed by atoms with Crippen LogP contribution in [0.1, 0.15) is 32.6 Å². The first-order chi connectivity index (χ1) is 11.1. The molecule has 1 heterocycles. The fourth-order valence-electron chi connectivity index (χ4n) is 2.70. The number of hydrogen-bond acceptors (Lipinski definition) is 2. The van der Waals surface area contributed by atoms with E-state index in [-0.39, 0.29) is 17.8 Å². The van der Waals surface area contributed by atoms with Gasteiger partial charge in [0.1, 0.15) is 5.82 Å². The third-order valence-corrected chi connectivity index (χ3v) is 4.19. The zero-order chi connectivity index (χ0) is 16.7. The molecule has 23 heavy (non-hydrogen) atoms. The summed E-state index contributed by atoms with van der Waals surface area (Å²) in [6.07, 6.45) is 3.36. The molecule has 0 radical (unpaired) electrons. The number of halogens is 1. The van der Waals surface area contributed by atoms with Crippen LogP contribution in [0.25, 0.3) is 0 Å². The lowest BCUT2D eigenvalue weighted by atomic mass is 9.94. The van der Waals surface area contributed by atoms with E-state index in [1.807, 2.05) is 6.92 Å². The van der Waals surface area contributed by atoms with E-state index in [1.165, 1.54) is 12.1 Å². The normalized spacial score (nSPS) is 15.3. The zero-order valence-electron chi connectivity index (χ0n) is 13.5. The molecule has 1 aliphatic heterocycles. The molecule has 0 saturated carbocycles. The summed E-state index contributed by atoms with van der Waals surface area (Å²) in [5.74, 6) is 0.308. The predicted octanol–water partition coefficient (Wildman–Crippen LogP) is 2.99. The first kappa shape index (κ1) is 17.2. The minimum atomic E-state index is -0.320. The van der Waals surface area contributed by atoms with Gasteiger partial charge in [-0.1, -0.05) is 6.92 Å². The number of carbonyl (C=O) groups is 2. The Morgan fingerprint density at radius 1 is 1.22 bits per heavy atom. The Balaban J connectivity index is 1.70. The van der Waals surface area contributed by atoms with Crippen molar-refractivity contribution in [2.24, 2.45) is 5.92 Å². The fourth-order valence-corrected chi connectivity index (χ4v) is 2.70. The maximum Gasteiger partial charge on any atom is 0.321 e. The summed E-state index contributed by atoms with van der Waals surface area (Å²) in [5.41, 5.74) is 0.598. The minimum absolute atomic E-state index is 0.0844. The SMILES string of the molecule is CCC(=O)NCCC1CCN(C(=O)Nc2ccc(F)cc2)CC1. The first-order valence-electron chi connectivity index (χ1n) is 8.16. The van der Waals surface area contributed by atoms with Crippen LogP contribution >= 0.6 is 0 Å². The van der Waals surface area contributed by atoms with Crippen molar-refractivity contribution in [3.63, 3.8) is 0 Å². The Hall–Kier alpha value is -2.11. The van der Waals surface area contributed by atoms with E-state index in [2.05, 4.69) is 10.6 Å². The summed E-state index contributed by atoms with van der Waals surface area (Å²) >= 11 is 0. The van der Waals surface area contributed by atoms with Crippen LogP contribution in [0.2, 0.25) is 0 Å². The molecule has 126 valence electrons. The van der Waals surface area contributed by atoms with Gasteiger partial charge in [-0.15, -0.1) is 0 Å². The van der Waals surface area contributed by atoms with Gasteiger partial charge in [0, 0.05) is 31.7 Å². The second kappa shape index (κ2) is 8.50. The molecular weight excluding hydrogens is 297 g/mol. The highest BCUT2D eigenvalue weighted by Crippen LogP contribution is 2.21. The highest BCUT2D eigenvalue weighted by Gasteiger charge is 2.22. The van der Waals surface area contributed by atoms with Crippen LogP contribution in [0.4, 0.5) is 14.9 Å². The maximum absolute atomic E-state index is 12.8. The standard InChI is InChI=1S/C17H24FN3O2/c1-2-16(22)19-10-7-13-8-11-21(12-9-13)17(23)20-15-5-3-14(18)4-6-15/h3-6,13H,2,7-12H2,1H3,(H,19,22)(H,20,23). The summed E-state index contributed by atoms with van der Waals surface area (Å²) in [6, 6.07) is 5.61. The van der Waals surface area contributed by atoms with E-state index >= 15 is 0 Å². The summed E-state index contributed by atoms with van der Waals surface area (Å²) in [5, 5.41) is 5.67. The van der Waals surface area contributed by atoms with Crippen molar-refractivity contribution in [1.29, 1.82) is 0 Å². The number of hydrogen-bond donors (Lipinski definition) is 2. The lowest BCUT2D eigenvalue weighted by molar-refractivity contribution is -0.120. The van der Waals surface area contributed by atoms with Crippen LogP contribution in [0.5, 0.6) is 0 Å². The fraction of sp³-hybridized carbons (Fsp3) is 0.529. The molecule has 1 aromatic carbocycles. The van der Waals surface area contributed by atoms with Crippen molar-refractivity contribution in [2.75, 3.05) is 25.0 Å². The molecular formula is C17H24FN3O2. The molecule has 0 aliphatic carbocycles. The molecule has 0 spiro atoms. The summed E-state index contributed by atoms with van der Waals surface area (Å²) < 4.78 is 12.8. The minimum Gasteiger partial charge on any atom is -0.356 e. The van der Waals surface area contributed by atoms with Crippen LogP contribution in [0, 0.1) is 11.7 Å². The van der Waals surface area contributed by atoms with E-state index in [0.717, 1.165) is 19.3 Å². The van der Waals surface area contributed by atoms with Crippen LogP contribution < -0.4 is 10.6 Å². The van der Waals surface area contributed by atoms with E-state index < -0.39 is 0 Å². The molecule has 0 atom stereocenters. The van der Waals surface area contributed by atoms with Crippen molar-refractivity contribution in [1.82, 2.24) is 10.2 Å². The Kier molecular flexibility index (Phi) is 6.38. The molecule has 2 rings (SSSR count). The second-order valence-corrected chi connectivity index (χ2v) is 5.86. The number of piperidine rings is 1. The molecule has 0 aromatic heterocycles. The summed E-state index contributed by atoms with van der Waals surface area (Å²) in [7, 11) is 0. The van der Waals surface area contributed by atoms with Crippen molar-refractivity contribution < 1.29 is 14.0 Å². The van der Waals surface area contributed by atoms with Crippen LogP contribution in [-0.2, 0) is 4.79 Å². The van der Waals surface area contributed by atoms with E-state index in [9.17, 15) is 14.0 Å². The van der Waals surface area contributed by atoms with Gasteiger partial charge in [-0.05, 0) is 49.4 Å². The molecule has 1 saturated heterocycles. The molecule has 6 heteroatoms. The third-order valence-electron chi connectivity index (χ3n) is 4.19. The van der Waals surface area contributed by atoms with Crippen LogP contribution in [0.15, 0.2) is 24.3 Å². The number of benzene rings is 1. The lowest BCUT2D eigenvalue weighted by Crippen LogP contribution is -2.41. The Morgan fingerprint density at radius 2 is 1.87 bits per heavy atom. The highest BCUT2D eigenvalue weighted by molar-refractivity contribution is 5.89. The molecule has 2 N–H and O–H groups in total. The van der Waals surface area contributed by atoms with E-state index in [1.54, 1.807) is 17.0 Å². The predicted molar refractivity (Wildman–Crippen MR) is 87.6 cm³/mol. The van der Waals surface area contributed by atoms with Gasteiger partial charge in [-0.25, -0.2) is 9.18 Å². The van der Waals surface area contributed by atoms with Gasteiger partial charge >= 0.3 is 6.03 Å². The van der Waals surface area contributed by atoms with E-state index in [0.29, 0.717) is 37.7 Å². The number of nitrogens with one attached hydrogen (secondary N) is 2. The molecule has 3 amide bonds. The van der Waals surface area contributed by atoms with Crippen molar-refractivity contribution in [2.45, 2.75) is 32.6 Å². The number of urea groups is 1. The molecule has 5 nitrogen and oxygen atoms in total. The number of nitrogens with zero attached hydrogens (tertiary/aromatic N) is 1. The van der Waals surface area contributed by atoms with Gasteiger partial charge in [-0.3, -0.25) is 4.79 Å². The Morgan fingerprint density at radius 3 is 2.48 bits per heavy atom. The van der Waals surface area contributed by atoms with Crippen molar-refractivity contribution >= 4 is 17.6 Å². The third kappa shape index (κ3) is 5.54. The van der Waals surface area contributed by atoms with Gasteiger partial charge in [0.25, 0.3) is 0 Å². The van der Waals surface area contributed by atoms with Gasteiger partial charge < -0.3 is 15.5 Å². The highest BCUT2D eigenvalue weighted by atomic mass is 19.1. The average Bonchev–Trinajstić information content (AvgIpc) is 2.57. The molecule has 1 aromatic rings. The van der Waals surface area contributed by atoms with Crippen molar-refractivity contribution in [3.8, 4) is 0 Å². The monoisotopic (exact) mass is 321 g/mol. The average molecular weight is 321 g/mol. The van der Waals surface area contributed by atoms with E-state index in [4.69, 9.17) is 0 Å². The maximum atomic E-state index is 12.8. The Labute approximate surface area is 136 Å². The molecule has 0 bridgehead atoms. The number of likely N-dealkylation sites (tertiary alicyclic amines) is 1. The number of anilines is 1. The molecule has 1 aliphatic rings. The topological polar surface area (TPSA) is 61.4 Å². The van der Waals surface area contributed by atoms with Gasteiger partial charge in [0.2, 0.25) is 5.91 Å². The second-order valence-electron chi connectivity index (χ2n) is 5.86. The molecule has 1 fully saturated rings. The first-order valence-corrected chi connectivity index (χ1v) is 8.16. The van der Waals surface area contributed by atoms with Crippen LogP contribution in [-0.4, -0.2) is 36.5 Å². The number of amides is 3. The zero-order valence-corrected chi connectivity index (χ0v) is 13.5. The van der Waals surface area contributed by atoms with Crippen molar-refractivity contribution in [3.05, 3.63) is 30.1 Å². The smallest absolute Gasteiger partial charge is 0.321 e. The number of rotatable bonds is 5. The van der Waals surface area contributed by atoms with Gasteiger partial charge in [0.05, 0.1) is 0 Å². The lowest BCUT2D eigenvalue weighted by Gasteiger charge is -2.32. The van der Waals surface area contributed by atoms with Crippen LogP contribution in [0.3, 0.4) is 0 Å². The van der Waals surface area contributed by atoms with Gasteiger partial charge in [0.15, 0.2) is 0 Å².